The van der Waals surface area contributed by atoms with Gasteiger partial charge in [0.2, 0.25) is 0 Å². The first-order valence-electron chi connectivity index (χ1n) is 3.95. The molecule has 0 aromatic carbocycles. The van der Waals surface area contributed by atoms with E-state index in [1.54, 1.807) is 30.3 Å². The number of aryl methyl sites for hydroxylation is 1. The van der Waals surface area contributed by atoms with Crippen molar-refractivity contribution in [3.8, 4) is 5.69 Å². The van der Waals surface area contributed by atoms with Crippen molar-refractivity contribution >= 4 is 5.97 Å². The second-order valence-electron chi connectivity index (χ2n) is 2.82. The summed E-state index contributed by atoms with van der Waals surface area (Å²) in [6.45, 7) is 0. The normalized spacial score (nSPS) is 10.4. The van der Waals surface area contributed by atoms with E-state index in [2.05, 4.69) is 10.2 Å². The minimum atomic E-state index is -1.03. The molecule has 2 rings (SSSR count). The highest BCUT2D eigenvalue weighted by Gasteiger charge is 2.07. The summed E-state index contributed by atoms with van der Waals surface area (Å²) in [6.07, 6.45) is 4.94. The van der Waals surface area contributed by atoms with Crippen molar-refractivity contribution in [1.82, 2.24) is 19.6 Å². The van der Waals surface area contributed by atoms with Gasteiger partial charge >= 0.3 is 5.97 Å². The first-order chi connectivity index (χ1) is 6.66. The topological polar surface area (TPSA) is 72.9 Å². The lowest BCUT2D eigenvalue weighted by molar-refractivity contribution is 0.0690. The van der Waals surface area contributed by atoms with Crippen LogP contribution in [-0.4, -0.2) is 30.6 Å². The van der Waals surface area contributed by atoms with Crippen molar-refractivity contribution < 1.29 is 9.90 Å². The molecule has 0 bridgehead atoms. The first-order valence-corrected chi connectivity index (χ1v) is 3.95. The van der Waals surface area contributed by atoms with Gasteiger partial charge in [0.1, 0.15) is 5.69 Å². The van der Waals surface area contributed by atoms with Crippen LogP contribution in [-0.2, 0) is 7.05 Å². The van der Waals surface area contributed by atoms with Crippen molar-refractivity contribution in [1.29, 1.82) is 0 Å². The smallest absolute Gasteiger partial charge is 0.356 e. The Labute approximate surface area is 79.4 Å². The third kappa shape index (κ3) is 1.37. The Morgan fingerprint density at radius 2 is 2.36 bits per heavy atom. The van der Waals surface area contributed by atoms with Crippen molar-refractivity contribution in [3.05, 3.63) is 30.4 Å². The van der Waals surface area contributed by atoms with E-state index in [1.165, 1.54) is 10.7 Å². The molecule has 0 saturated heterocycles. The Balaban J connectivity index is 2.38. The van der Waals surface area contributed by atoms with E-state index in [-0.39, 0.29) is 5.69 Å². The highest BCUT2D eigenvalue weighted by Crippen LogP contribution is 2.05. The summed E-state index contributed by atoms with van der Waals surface area (Å²) in [6, 6.07) is 1.44. The van der Waals surface area contributed by atoms with Gasteiger partial charge in [0.15, 0.2) is 5.69 Å². The van der Waals surface area contributed by atoms with Crippen LogP contribution >= 0.6 is 0 Å². The molecule has 14 heavy (non-hydrogen) atoms. The Bertz CT molecular complexity index is 471. The lowest BCUT2D eigenvalue weighted by atomic mass is 10.5. The van der Waals surface area contributed by atoms with E-state index in [4.69, 9.17) is 5.11 Å². The molecular formula is C8H8N4O2. The molecule has 0 aliphatic rings. The van der Waals surface area contributed by atoms with E-state index < -0.39 is 5.97 Å². The summed E-state index contributed by atoms with van der Waals surface area (Å²) in [5, 5.41) is 16.5. The molecule has 0 atom stereocenters. The van der Waals surface area contributed by atoms with E-state index in [0.29, 0.717) is 0 Å². The minimum Gasteiger partial charge on any atom is -0.476 e. The largest absolute Gasteiger partial charge is 0.476 e. The van der Waals surface area contributed by atoms with Gasteiger partial charge in [0.05, 0.1) is 12.4 Å². The maximum atomic E-state index is 10.6. The van der Waals surface area contributed by atoms with Crippen LogP contribution in [0.1, 0.15) is 10.5 Å². The van der Waals surface area contributed by atoms with E-state index in [9.17, 15) is 4.79 Å². The average Bonchev–Trinajstić information content (AvgIpc) is 2.70. The van der Waals surface area contributed by atoms with Gasteiger partial charge in [-0.3, -0.25) is 4.68 Å². The maximum absolute atomic E-state index is 10.6. The Kier molecular flexibility index (Phi) is 1.81. The van der Waals surface area contributed by atoms with Gasteiger partial charge in [-0.2, -0.15) is 10.2 Å². The molecule has 0 radical (unpaired) electrons. The SMILES string of the molecule is Cn1cc(-n2ccc(C(=O)O)n2)cn1. The number of hydrogen-bond acceptors (Lipinski definition) is 3. The van der Waals surface area contributed by atoms with Crippen LogP contribution in [0.4, 0.5) is 0 Å². The van der Waals surface area contributed by atoms with Crippen LogP contribution < -0.4 is 0 Å². The number of carboxylic acids is 1. The molecule has 0 spiro atoms. The molecule has 0 unspecified atom stereocenters. The molecule has 1 N–H and O–H groups in total. The van der Waals surface area contributed by atoms with Crippen molar-refractivity contribution in [2.24, 2.45) is 7.05 Å². The molecule has 0 fully saturated rings. The third-order valence-corrected chi connectivity index (χ3v) is 1.76. The number of aromatic carboxylic acids is 1. The summed E-state index contributed by atoms with van der Waals surface area (Å²) in [5.41, 5.74) is 0.758. The van der Waals surface area contributed by atoms with Crippen molar-refractivity contribution in [2.75, 3.05) is 0 Å². The van der Waals surface area contributed by atoms with Crippen molar-refractivity contribution in [3.63, 3.8) is 0 Å². The molecule has 72 valence electrons. The van der Waals surface area contributed by atoms with Crippen LogP contribution in [0.25, 0.3) is 5.69 Å². The number of carboxylic acid groups (broad SMARTS) is 1. The molecule has 6 nitrogen and oxygen atoms in total. The highest BCUT2D eigenvalue weighted by molar-refractivity contribution is 5.85. The predicted molar refractivity (Wildman–Crippen MR) is 47.3 cm³/mol. The predicted octanol–water partition coefficient (Wildman–Crippen LogP) is 0.304. The van der Waals surface area contributed by atoms with Crippen molar-refractivity contribution in [2.45, 2.75) is 0 Å². The lowest BCUT2D eigenvalue weighted by Gasteiger charge is -1.93. The zero-order valence-electron chi connectivity index (χ0n) is 7.45. The molecule has 0 amide bonds. The monoisotopic (exact) mass is 192 g/mol. The summed E-state index contributed by atoms with van der Waals surface area (Å²) in [4.78, 5) is 10.6. The van der Waals surface area contributed by atoms with E-state index in [0.717, 1.165) is 5.69 Å². The maximum Gasteiger partial charge on any atom is 0.356 e. The second kappa shape index (κ2) is 2.99. The van der Waals surface area contributed by atoms with Crippen LogP contribution in [0, 0.1) is 0 Å². The molecule has 0 aliphatic carbocycles. The van der Waals surface area contributed by atoms with Crippen LogP contribution in [0.5, 0.6) is 0 Å². The van der Waals surface area contributed by atoms with Gasteiger partial charge in [-0.05, 0) is 6.07 Å². The standard InChI is InChI=1S/C8H8N4O2/c1-11-5-6(4-9-11)12-3-2-7(10-12)8(13)14/h2-5H,1H3,(H,13,14). The molecular weight excluding hydrogens is 184 g/mol. The van der Waals surface area contributed by atoms with E-state index >= 15 is 0 Å². The molecule has 6 heteroatoms. The molecule has 2 aromatic rings. The van der Waals surface area contributed by atoms with Gasteiger partial charge in [-0.15, -0.1) is 0 Å². The Morgan fingerprint density at radius 1 is 1.57 bits per heavy atom. The van der Waals surface area contributed by atoms with Gasteiger partial charge < -0.3 is 5.11 Å². The number of hydrogen-bond donors (Lipinski definition) is 1. The molecule has 2 aromatic heterocycles. The molecule has 2 heterocycles. The van der Waals surface area contributed by atoms with E-state index in [1.807, 2.05) is 0 Å². The third-order valence-electron chi connectivity index (χ3n) is 1.76. The summed E-state index contributed by atoms with van der Waals surface area (Å²) in [7, 11) is 1.78. The summed E-state index contributed by atoms with van der Waals surface area (Å²) in [5.74, 6) is -1.03. The number of rotatable bonds is 2. The Morgan fingerprint density at radius 3 is 2.86 bits per heavy atom. The summed E-state index contributed by atoms with van der Waals surface area (Å²) >= 11 is 0. The van der Waals surface area contributed by atoms with Crippen LogP contribution in [0.3, 0.4) is 0 Å². The fourth-order valence-corrected chi connectivity index (χ4v) is 1.11. The van der Waals surface area contributed by atoms with Crippen LogP contribution in [0.2, 0.25) is 0 Å². The molecule has 0 aliphatic heterocycles. The summed E-state index contributed by atoms with van der Waals surface area (Å²) < 4.78 is 3.09. The van der Waals surface area contributed by atoms with Gasteiger partial charge in [-0.1, -0.05) is 0 Å². The fraction of sp³-hybridized carbons (Fsp3) is 0.125. The quantitative estimate of drug-likeness (QED) is 0.742. The van der Waals surface area contributed by atoms with Gasteiger partial charge in [0, 0.05) is 13.2 Å². The number of aromatic nitrogens is 4. The fourth-order valence-electron chi connectivity index (χ4n) is 1.11. The second-order valence-corrected chi connectivity index (χ2v) is 2.82. The number of nitrogens with zero attached hydrogens (tertiary/aromatic N) is 4. The van der Waals surface area contributed by atoms with Gasteiger partial charge in [0.25, 0.3) is 0 Å². The zero-order valence-corrected chi connectivity index (χ0v) is 7.45. The Hall–Kier alpha value is -2.11. The zero-order chi connectivity index (χ0) is 10.1. The first kappa shape index (κ1) is 8.49. The van der Waals surface area contributed by atoms with Crippen LogP contribution in [0.15, 0.2) is 24.7 Å². The molecule has 0 saturated carbocycles. The number of carbonyl (C=O) groups is 1. The lowest BCUT2D eigenvalue weighted by Crippen LogP contribution is -2.00. The highest BCUT2D eigenvalue weighted by atomic mass is 16.4. The average molecular weight is 192 g/mol. The van der Waals surface area contributed by atoms with Gasteiger partial charge in [-0.25, -0.2) is 9.48 Å². The minimum absolute atomic E-state index is 0.0221.